The van der Waals surface area contributed by atoms with E-state index in [4.69, 9.17) is 5.26 Å². The zero-order valence-electron chi connectivity index (χ0n) is 7.49. The van der Waals surface area contributed by atoms with Crippen LogP contribution >= 0.6 is 0 Å². The maximum Gasteiger partial charge on any atom is 0.164 e. The van der Waals surface area contributed by atoms with Gasteiger partial charge in [-0.1, -0.05) is 18.2 Å². The topological polar surface area (TPSA) is 39.6 Å². The van der Waals surface area contributed by atoms with E-state index in [1.807, 2.05) is 30.5 Å². The molecule has 0 saturated carbocycles. The Balaban J connectivity index is 2.71. The maximum absolute atomic E-state index is 8.91. The molecule has 0 bridgehead atoms. The van der Waals surface area contributed by atoms with Crippen LogP contribution in [-0.4, -0.2) is 21.3 Å². The number of para-hydroxylation sites is 1. The van der Waals surface area contributed by atoms with E-state index in [-0.39, 0.29) is 0 Å². The van der Waals surface area contributed by atoms with Crippen molar-refractivity contribution >= 4 is 32.8 Å². The van der Waals surface area contributed by atoms with Crippen LogP contribution in [0.1, 0.15) is 5.56 Å². The molecule has 1 N–H and O–H groups in total. The minimum Gasteiger partial charge on any atom is -0.361 e. The molecule has 0 atom stereocenters. The van der Waals surface area contributed by atoms with E-state index in [9.17, 15) is 0 Å². The van der Waals surface area contributed by atoms with Gasteiger partial charge in [-0.15, -0.1) is 0 Å². The molecule has 2 nitrogen and oxygen atoms in total. The van der Waals surface area contributed by atoms with Crippen molar-refractivity contribution in [1.82, 2.24) is 4.98 Å². The summed E-state index contributed by atoms with van der Waals surface area (Å²) in [7, 11) is 0. The second-order valence-electron chi connectivity index (χ2n) is 2.94. The summed E-state index contributed by atoms with van der Waals surface area (Å²) in [5, 5.41) is 10.00. The van der Waals surface area contributed by atoms with Crippen LogP contribution in [0.25, 0.3) is 16.5 Å². The fourth-order valence-corrected chi connectivity index (χ4v) is 1.74. The molecule has 0 fully saturated rings. The van der Waals surface area contributed by atoms with Crippen LogP contribution in [0.2, 0.25) is 0 Å². The van der Waals surface area contributed by atoms with Crippen LogP contribution < -0.4 is 0 Å². The first-order chi connectivity index (χ1) is 6.86. The maximum atomic E-state index is 8.91. The Morgan fingerprint density at radius 1 is 1.43 bits per heavy atom. The van der Waals surface area contributed by atoms with E-state index in [0.29, 0.717) is 5.57 Å². The van der Waals surface area contributed by atoms with Crippen molar-refractivity contribution in [3.8, 4) is 6.07 Å². The third-order valence-electron chi connectivity index (χ3n) is 2.17. The summed E-state index contributed by atoms with van der Waals surface area (Å²) < 4.78 is 0. The Kier molecular flexibility index (Phi) is 2.42. The summed E-state index contributed by atoms with van der Waals surface area (Å²) in [6.45, 7) is 0. The Hall–Kier alpha value is -1.48. The highest BCUT2D eigenvalue weighted by molar-refractivity contribution is 6.22. The van der Waals surface area contributed by atoms with Gasteiger partial charge in [0.25, 0.3) is 0 Å². The van der Waals surface area contributed by atoms with Gasteiger partial charge in [-0.05, 0) is 6.07 Å². The van der Waals surface area contributed by atoms with Crippen molar-refractivity contribution in [2.45, 2.75) is 0 Å². The molecule has 2 radical (unpaired) electrons. The number of rotatable bonds is 1. The van der Waals surface area contributed by atoms with Gasteiger partial charge in [0.2, 0.25) is 0 Å². The van der Waals surface area contributed by atoms with Crippen molar-refractivity contribution in [3.05, 3.63) is 41.0 Å². The molecule has 1 aromatic heterocycles. The van der Waals surface area contributed by atoms with Gasteiger partial charge in [-0.25, -0.2) is 0 Å². The van der Waals surface area contributed by atoms with E-state index in [2.05, 4.69) is 27.3 Å². The van der Waals surface area contributed by atoms with Gasteiger partial charge in [0.1, 0.15) is 0 Å². The molecule has 2 aromatic rings. The van der Waals surface area contributed by atoms with Gasteiger partial charge in [0.05, 0.1) is 6.07 Å². The fraction of sp³-hybridized carbons (Fsp3) is 0. The average Bonchev–Trinajstić information content (AvgIpc) is 2.65. The molecule has 0 aliphatic carbocycles. The van der Waals surface area contributed by atoms with E-state index in [1.165, 1.54) is 0 Å². The van der Waals surface area contributed by atoms with Gasteiger partial charge < -0.3 is 4.98 Å². The van der Waals surface area contributed by atoms with Crippen LogP contribution in [0.3, 0.4) is 0 Å². The first-order valence-corrected chi connectivity index (χ1v) is 4.92. The summed E-state index contributed by atoms with van der Waals surface area (Å²) in [6.07, 6.45) is 1.86. The minimum atomic E-state index is 0.674. The SMILES string of the molecule is N#C/C(=[CH]\[Al])c1c[nH]c2ccccc12. The number of aromatic nitrogens is 1. The van der Waals surface area contributed by atoms with Crippen molar-refractivity contribution < 1.29 is 0 Å². The fourth-order valence-electron chi connectivity index (χ4n) is 1.48. The quantitative estimate of drug-likeness (QED) is 0.548. The second kappa shape index (κ2) is 3.72. The number of nitriles is 1. The van der Waals surface area contributed by atoms with Crippen molar-refractivity contribution in [3.63, 3.8) is 0 Å². The van der Waals surface area contributed by atoms with Crippen LogP contribution in [0, 0.1) is 11.3 Å². The molecule has 0 aliphatic heterocycles. The monoisotopic (exact) mass is 194 g/mol. The predicted octanol–water partition coefficient (Wildman–Crippen LogP) is 2.20. The van der Waals surface area contributed by atoms with Crippen LogP contribution in [0.15, 0.2) is 35.4 Å². The zero-order valence-corrected chi connectivity index (χ0v) is 8.64. The lowest BCUT2D eigenvalue weighted by molar-refractivity contribution is 1.46. The number of aromatic amines is 1. The molecular formula is C11H7AlN2. The van der Waals surface area contributed by atoms with Crippen LogP contribution in [0.5, 0.6) is 0 Å². The van der Waals surface area contributed by atoms with Gasteiger partial charge in [-0.3, -0.25) is 0 Å². The smallest absolute Gasteiger partial charge is 0.164 e. The molecule has 14 heavy (non-hydrogen) atoms. The molecule has 0 saturated heterocycles. The number of fused-ring (bicyclic) bond motifs is 1. The average molecular weight is 194 g/mol. The highest BCUT2D eigenvalue weighted by Gasteiger charge is 2.05. The third kappa shape index (κ3) is 1.36. The number of H-pyrrole nitrogens is 1. The summed E-state index contributed by atoms with van der Waals surface area (Å²) in [5.74, 6) is 0. The highest BCUT2D eigenvalue weighted by Crippen LogP contribution is 2.23. The summed E-state index contributed by atoms with van der Waals surface area (Å²) >= 11 is 2.46. The predicted molar refractivity (Wildman–Crippen MR) is 57.6 cm³/mol. The zero-order chi connectivity index (χ0) is 9.97. The van der Waals surface area contributed by atoms with E-state index < -0.39 is 0 Å². The summed E-state index contributed by atoms with van der Waals surface area (Å²) in [5.41, 5.74) is 2.69. The first-order valence-electron chi connectivity index (χ1n) is 4.25. The van der Waals surface area contributed by atoms with Crippen molar-refractivity contribution in [2.24, 2.45) is 0 Å². The molecule has 0 aliphatic rings. The largest absolute Gasteiger partial charge is 0.361 e. The number of benzene rings is 1. The molecule has 0 spiro atoms. The lowest BCUT2D eigenvalue weighted by Crippen LogP contribution is -1.78. The Bertz CT molecular complexity index is 531. The van der Waals surface area contributed by atoms with E-state index >= 15 is 0 Å². The Morgan fingerprint density at radius 3 is 2.93 bits per heavy atom. The van der Waals surface area contributed by atoms with E-state index in [1.54, 1.807) is 4.94 Å². The van der Waals surface area contributed by atoms with Crippen LogP contribution in [-0.2, 0) is 0 Å². The van der Waals surface area contributed by atoms with Gasteiger partial charge in [0.15, 0.2) is 16.3 Å². The van der Waals surface area contributed by atoms with E-state index in [0.717, 1.165) is 16.5 Å². The third-order valence-corrected chi connectivity index (χ3v) is 2.50. The van der Waals surface area contributed by atoms with Gasteiger partial charge in [0, 0.05) is 28.2 Å². The number of allylic oxidation sites excluding steroid dienone is 1. The molecule has 3 heteroatoms. The van der Waals surface area contributed by atoms with Gasteiger partial charge >= 0.3 is 0 Å². The number of nitrogens with one attached hydrogen (secondary N) is 1. The summed E-state index contributed by atoms with van der Waals surface area (Å²) in [6, 6.07) is 10.1. The second-order valence-corrected chi connectivity index (χ2v) is 3.27. The Morgan fingerprint density at radius 2 is 2.21 bits per heavy atom. The molecule has 0 amide bonds. The normalized spacial score (nSPS) is 11.5. The van der Waals surface area contributed by atoms with Crippen molar-refractivity contribution in [1.29, 1.82) is 5.26 Å². The highest BCUT2D eigenvalue weighted by atomic mass is 27.0. The molecule has 2 rings (SSSR count). The molecule has 1 heterocycles. The number of hydrogen-bond donors (Lipinski definition) is 1. The van der Waals surface area contributed by atoms with Crippen LogP contribution in [0.4, 0.5) is 0 Å². The Labute approximate surface area is 90.3 Å². The lowest BCUT2D eigenvalue weighted by Gasteiger charge is -1.94. The summed E-state index contributed by atoms with van der Waals surface area (Å²) in [4.78, 5) is 4.88. The minimum absolute atomic E-state index is 0.674. The lowest BCUT2D eigenvalue weighted by atomic mass is 10.1. The standard InChI is InChI=1S/C11H7N2.Al/c1-8(6-12)10-7-13-11-5-3-2-4-9(10)11;/h1-5,7,13H;. The number of hydrogen-bond acceptors (Lipinski definition) is 1. The van der Waals surface area contributed by atoms with Crippen molar-refractivity contribution in [2.75, 3.05) is 0 Å². The molecular weight excluding hydrogens is 187 g/mol. The molecule has 0 unspecified atom stereocenters. The first kappa shape index (κ1) is 9.09. The molecule has 64 valence electrons. The molecule has 1 aromatic carbocycles. The van der Waals surface area contributed by atoms with Gasteiger partial charge in [-0.2, -0.15) is 10.2 Å². The number of nitrogens with zero attached hydrogens (tertiary/aromatic N) is 1.